The van der Waals surface area contributed by atoms with Gasteiger partial charge in [0.25, 0.3) is 0 Å². The predicted octanol–water partition coefficient (Wildman–Crippen LogP) is 27.7. The summed E-state index contributed by atoms with van der Waals surface area (Å²) in [7, 11) is 0. The molecule has 11 atom stereocenters. The van der Waals surface area contributed by atoms with Gasteiger partial charge in [0.15, 0.2) is 0 Å². The molecular formula is C80H162. The van der Waals surface area contributed by atoms with Crippen LogP contribution in [0.3, 0.4) is 0 Å². The van der Waals surface area contributed by atoms with E-state index in [-0.39, 0.29) is 0 Å². The van der Waals surface area contributed by atoms with Gasteiger partial charge in [0, 0.05) is 0 Å². The molecule has 0 radical (unpaired) electrons. The van der Waals surface area contributed by atoms with Crippen LogP contribution >= 0.6 is 0 Å². The number of rotatable bonds is 7. The van der Waals surface area contributed by atoms with E-state index in [1.165, 1.54) is 121 Å². The Labute approximate surface area is 512 Å². The molecule has 0 spiro atoms. The molecular weight excluding hydrogens is 961 g/mol. The van der Waals surface area contributed by atoms with Crippen LogP contribution in [0.2, 0.25) is 0 Å². The van der Waals surface area contributed by atoms with Crippen LogP contribution in [-0.4, -0.2) is 0 Å². The van der Waals surface area contributed by atoms with Crippen molar-refractivity contribution in [1.82, 2.24) is 0 Å². The molecule has 0 aliphatic heterocycles. The molecule has 9 unspecified atom stereocenters. The molecule has 0 aromatic heterocycles. The van der Waals surface area contributed by atoms with Gasteiger partial charge in [0.2, 0.25) is 0 Å². The van der Waals surface area contributed by atoms with Crippen molar-refractivity contribution < 1.29 is 0 Å². The lowest BCUT2D eigenvalue weighted by Gasteiger charge is -2.42. The van der Waals surface area contributed by atoms with Gasteiger partial charge in [-0.3, -0.25) is 0 Å². The van der Waals surface area contributed by atoms with Crippen LogP contribution in [0.4, 0.5) is 0 Å². The van der Waals surface area contributed by atoms with Crippen LogP contribution in [0.15, 0.2) is 0 Å². The SMILES string of the molecule is CC(C)(C)C(C)(C)C.CC(C)C(C)C(C)C.CC1(C2CC2)CC1.CC1CC(C)(C)C1.CC1CC(C)C1C.CC1CCC1(C)C.CC1C[C@H](C)C1C.CCC(C)C(C)(C)C.CCC1CC(C)C1.CCC1CCC1C.C[C@H]1CC1C1CC1. The summed E-state index contributed by atoms with van der Waals surface area (Å²) >= 11 is 0. The van der Waals surface area contributed by atoms with Gasteiger partial charge in [0.1, 0.15) is 0 Å². The zero-order valence-electron chi connectivity index (χ0n) is 62.7. The van der Waals surface area contributed by atoms with E-state index in [1.54, 1.807) is 19.3 Å². The minimum absolute atomic E-state index is 0.437. The quantitative estimate of drug-likeness (QED) is 0.238. The lowest BCUT2D eigenvalue weighted by molar-refractivity contribution is 0.0892. The maximum Gasteiger partial charge on any atom is -0.0297 e. The molecule has 0 nitrogen and oxygen atoms in total. The van der Waals surface area contributed by atoms with Crippen molar-refractivity contribution in [3.63, 3.8) is 0 Å². The highest BCUT2D eigenvalue weighted by atomic mass is 14.5. The maximum absolute atomic E-state index is 2.44. The third kappa shape index (κ3) is 32.7. The summed E-state index contributed by atoms with van der Waals surface area (Å²) in [5.74, 6) is 20.3. The van der Waals surface area contributed by atoms with Crippen LogP contribution in [0.1, 0.15) is 364 Å². The first-order valence-corrected chi connectivity index (χ1v) is 36.3. The largest absolute Gasteiger partial charge is 0.0651 e. The smallest absolute Gasteiger partial charge is 0.0297 e. The molecule has 0 amide bonds. The van der Waals surface area contributed by atoms with Gasteiger partial charge in [-0.05, 0) is 254 Å². The average molecular weight is 1120 g/mol. The molecule has 0 saturated heterocycles. The lowest BCUT2D eigenvalue weighted by atomic mass is 9.64. The Bertz CT molecular complexity index is 1460. The van der Waals surface area contributed by atoms with Gasteiger partial charge >= 0.3 is 0 Å². The highest BCUT2D eigenvalue weighted by molar-refractivity contribution is 5.00. The Morgan fingerprint density at radius 1 is 0.438 bits per heavy atom. The summed E-state index contributed by atoms with van der Waals surface area (Å²) in [4.78, 5) is 0. The normalized spacial score (nSPS) is 33.5. The Morgan fingerprint density at radius 3 is 0.875 bits per heavy atom. The standard InChI is InChI=1S/3C8H18.2C7H12.6C7H14/c1-7(2,3)8(4,5)6;1-6-7(2)8(3,4)5;1-6(2)8(5)7(3)4;1-7(4-5-7)6-2-3-6;1-5-4-7(5)6-2-3-6;1-6-4-7(2,3)5-6;1-6-4-5-7(6,2)3;2*1-5-4-6(2)7(5)3;1-3-7-4-6(2)5-7;1-3-7-5-4-6(7)2/h1-6H3;7H,6H2,1-5H3;6-8H,1-5H3;6H,2-5H2,1H3;5-7H,2-4H2,1H3;2*6H,4-5H2,1-3H3;2*5-7H,4H2,1-3H3;2*6-7H,3-5H2,1-2H3/t;;;;5-,7?;;;5-,6?,7?;;;/m....0..0.../s1. The van der Waals surface area contributed by atoms with Gasteiger partial charge < -0.3 is 0 Å². The fraction of sp³-hybridized carbons (Fsp3) is 1.00. The summed E-state index contributed by atoms with van der Waals surface area (Å²) in [6.07, 6.45) is 29.5. The average Bonchev–Trinajstić information content (AvgIpc) is 4.11. The molecule has 0 heteroatoms. The molecule has 10 saturated carbocycles. The van der Waals surface area contributed by atoms with E-state index in [4.69, 9.17) is 0 Å². The van der Waals surface area contributed by atoms with Crippen molar-refractivity contribution in [2.24, 2.45) is 151 Å². The van der Waals surface area contributed by atoms with Crippen molar-refractivity contribution in [3.8, 4) is 0 Å². The van der Waals surface area contributed by atoms with E-state index in [1.807, 2.05) is 0 Å². The molecule has 0 N–H and O–H groups in total. The van der Waals surface area contributed by atoms with Crippen molar-refractivity contribution in [2.75, 3.05) is 0 Å². The van der Waals surface area contributed by atoms with Crippen LogP contribution in [0.5, 0.6) is 0 Å². The summed E-state index contributed by atoms with van der Waals surface area (Å²) in [6.45, 7) is 78.7. The highest BCUT2D eigenvalue weighted by Gasteiger charge is 2.49. The van der Waals surface area contributed by atoms with Gasteiger partial charge in [0.05, 0.1) is 0 Å². The van der Waals surface area contributed by atoms with Gasteiger partial charge in [-0.2, -0.15) is 0 Å². The third-order valence-electron chi connectivity index (χ3n) is 25.3. The minimum atomic E-state index is 0.437. The van der Waals surface area contributed by atoms with E-state index >= 15 is 0 Å². The zero-order valence-corrected chi connectivity index (χ0v) is 62.7. The summed E-state index contributed by atoms with van der Waals surface area (Å²) in [5, 5.41) is 0. The Hall–Kier alpha value is 0. The van der Waals surface area contributed by atoms with Crippen LogP contribution in [0, 0.1) is 151 Å². The molecule has 10 fully saturated rings. The van der Waals surface area contributed by atoms with E-state index in [9.17, 15) is 0 Å². The fourth-order valence-corrected chi connectivity index (χ4v) is 12.6. The van der Waals surface area contributed by atoms with Crippen LogP contribution in [-0.2, 0) is 0 Å². The van der Waals surface area contributed by atoms with Gasteiger partial charge in [-0.1, -0.05) is 261 Å². The molecule has 80 heavy (non-hydrogen) atoms. The number of hydrogen-bond acceptors (Lipinski definition) is 0. The Kier molecular flexibility index (Phi) is 35.7. The molecule has 0 aromatic carbocycles. The highest BCUT2D eigenvalue weighted by Crippen LogP contribution is 2.61. The second kappa shape index (κ2) is 35.7. The molecule has 482 valence electrons. The lowest BCUT2D eigenvalue weighted by Crippen LogP contribution is -2.31. The van der Waals surface area contributed by atoms with E-state index in [0.29, 0.717) is 27.1 Å². The first kappa shape index (κ1) is 80.0. The molecule has 10 rings (SSSR count). The second-order valence-corrected chi connectivity index (χ2v) is 36.9. The Morgan fingerprint density at radius 2 is 0.838 bits per heavy atom. The van der Waals surface area contributed by atoms with E-state index < -0.39 is 0 Å². The van der Waals surface area contributed by atoms with Crippen molar-refractivity contribution in [2.45, 2.75) is 364 Å². The first-order chi connectivity index (χ1) is 36.3. The second-order valence-electron chi connectivity index (χ2n) is 36.9. The van der Waals surface area contributed by atoms with E-state index in [2.05, 4.69) is 235 Å². The first-order valence-electron chi connectivity index (χ1n) is 36.3. The number of hydrogen-bond donors (Lipinski definition) is 0. The third-order valence-corrected chi connectivity index (χ3v) is 25.3. The zero-order chi connectivity index (χ0) is 62.7. The van der Waals surface area contributed by atoms with E-state index in [0.717, 1.165) is 112 Å². The van der Waals surface area contributed by atoms with Crippen molar-refractivity contribution in [1.29, 1.82) is 0 Å². The predicted molar refractivity (Wildman–Crippen MR) is 370 cm³/mol. The molecule has 0 bridgehead atoms. The van der Waals surface area contributed by atoms with Crippen LogP contribution < -0.4 is 0 Å². The molecule has 0 aromatic rings. The Balaban J connectivity index is 0.000000858. The summed E-state index contributed by atoms with van der Waals surface area (Å²) in [5.41, 5.74) is 3.62. The van der Waals surface area contributed by atoms with Crippen LogP contribution in [0.25, 0.3) is 0 Å². The van der Waals surface area contributed by atoms with Crippen molar-refractivity contribution >= 4 is 0 Å². The molecule has 10 aliphatic carbocycles. The fourth-order valence-electron chi connectivity index (χ4n) is 12.6. The molecule has 10 aliphatic rings. The van der Waals surface area contributed by atoms with Crippen molar-refractivity contribution in [3.05, 3.63) is 0 Å². The van der Waals surface area contributed by atoms with Gasteiger partial charge in [-0.25, -0.2) is 0 Å². The summed E-state index contributed by atoms with van der Waals surface area (Å²) < 4.78 is 0. The topological polar surface area (TPSA) is 0 Å². The maximum atomic E-state index is 2.44. The minimum Gasteiger partial charge on any atom is -0.0651 e. The monoisotopic (exact) mass is 1120 g/mol. The molecule has 0 heterocycles. The summed E-state index contributed by atoms with van der Waals surface area (Å²) in [6, 6.07) is 0. The van der Waals surface area contributed by atoms with Gasteiger partial charge in [-0.15, -0.1) is 0 Å².